The van der Waals surface area contributed by atoms with Gasteiger partial charge in [-0.25, -0.2) is 4.79 Å². The Kier molecular flexibility index (Phi) is 6.07. The van der Waals surface area contributed by atoms with Crippen molar-refractivity contribution in [1.82, 2.24) is 0 Å². The molecule has 0 fully saturated rings. The van der Waals surface area contributed by atoms with E-state index in [1.54, 1.807) is 55.5 Å². The molecule has 0 aliphatic heterocycles. The van der Waals surface area contributed by atoms with E-state index < -0.39 is 12.1 Å². The number of amides is 1. The molecule has 3 aromatic carbocycles. The van der Waals surface area contributed by atoms with Gasteiger partial charge < -0.3 is 14.8 Å². The zero-order chi connectivity index (χ0) is 19.9. The molecule has 0 saturated carbocycles. The van der Waals surface area contributed by atoms with Crippen LogP contribution in [0.1, 0.15) is 22.8 Å². The lowest BCUT2D eigenvalue weighted by Crippen LogP contribution is -2.30. The average Bonchev–Trinajstić information content (AvgIpc) is 2.69. The van der Waals surface area contributed by atoms with Gasteiger partial charge >= 0.3 is 5.97 Å². The van der Waals surface area contributed by atoms with Crippen molar-refractivity contribution in [2.75, 3.05) is 5.32 Å². The fourth-order valence-corrected chi connectivity index (χ4v) is 2.55. The van der Waals surface area contributed by atoms with Crippen molar-refractivity contribution in [2.45, 2.75) is 20.0 Å². The Morgan fingerprint density at radius 1 is 0.857 bits per heavy atom. The van der Waals surface area contributed by atoms with Crippen molar-refractivity contribution in [3.8, 4) is 11.5 Å². The molecule has 0 spiro atoms. The lowest BCUT2D eigenvalue weighted by molar-refractivity contribution is -0.122. The first kappa shape index (κ1) is 19.2. The maximum Gasteiger partial charge on any atom is 0.343 e. The van der Waals surface area contributed by atoms with Crippen molar-refractivity contribution < 1.29 is 19.1 Å². The van der Waals surface area contributed by atoms with Crippen LogP contribution in [-0.2, 0) is 4.79 Å². The van der Waals surface area contributed by atoms with Crippen molar-refractivity contribution >= 4 is 17.6 Å². The minimum Gasteiger partial charge on any atom is -0.481 e. The van der Waals surface area contributed by atoms with Crippen LogP contribution in [0.15, 0.2) is 78.9 Å². The highest BCUT2D eigenvalue weighted by Crippen LogP contribution is 2.17. The Morgan fingerprint density at radius 3 is 2.25 bits per heavy atom. The molecule has 0 aliphatic rings. The summed E-state index contributed by atoms with van der Waals surface area (Å²) in [5, 5.41) is 2.82. The quantitative estimate of drug-likeness (QED) is 0.504. The van der Waals surface area contributed by atoms with E-state index in [9.17, 15) is 9.59 Å². The first-order valence-corrected chi connectivity index (χ1v) is 8.93. The van der Waals surface area contributed by atoms with Gasteiger partial charge in [0.25, 0.3) is 5.91 Å². The Labute approximate surface area is 163 Å². The van der Waals surface area contributed by atoms with Gasteiger partial charge in [-0.05, 0) is 67.9 Å². The molecule has 0 aliphatic carbocycles. The van der Waals surface area contributed by atoms with Gasteiger partial charge in [0.2, 0.25) is 0 Å². The molecule has 1 amide bonds. The van der Waals surface area contributed by atoms with E-state index in [1.807, 2.05) is 37.3 Å². The molecule has 3 aromatic rings. The summed E-state index contributed by atoms with van der Waals surface area (Å²) in [5.41, 5.74) is 2.18. The molecular formula is C23H21NO4. The van der Waals surface area contributed by atoms with Gasteiger partial charge in [-0.2, -0.15) is 0 Å². The van der Waals surface area contributed by atoms with Crippen molar-refractivity contribution in [3.05, 3.63) is 90.0 Å². The third-order valence-corrected chi connectivity index (χ3v) is 4.01. The third kappa shape index (κ3) is 5.20. The standard InChI is InChI=1S/C23H21NO4/c1-16-7-6-8-19(15-16)24-22(25)17(2)27-21-13-11-18(12-14-21)23(26)28-20-9-4-3-5-10-20/h3-15,17H,1-2H3,(H,24,25)/t17-/m1/s1. The average molecular weight is 375 g/mol. The zero-order valence-corrected chi connectivity index (χ0v) is 15.7. The number of anilines is 1. The second-order valence-electron chi connectivity index (χ2n) is 6.35. The lowest BCUT2D eigenvalue weighted by Gasteiger charge is -2.15. The number of benzene rings is 3. The van der Waals surface area contributed by atoms with Gasteiger partial charge in [-0.3, -0.25) is 4.79 Å². The van der Waals surface area contributed by atoms with Gasteiger partial charge in [0.05, 0.1) is 5.56 Å². The van der Waals surface area contributed by atoms with Gasteiger partial charge in [0.15, 0.2) is 6.10 Å². The molecule has 1 atom stereocenters. The minimum atomic E-state index is -0.692. The first-order valence-electron chi connectivity index (χ1n) is 8.93. The summed E-state index contributed by atoms with van der Waals surface area (Å²) in [4.78, 5) is 24.5. The van der Waals surface area contributed by atoms with Crippen LogP contribution in [0.2, 0.25) is 0 Å². The highest BCUT2D eigenvalue weighted by Gasteiger charge is 2.16. The molecule has 0 bridgehead atoms. The number of hydrogen-bond donors (Lipinski definition) is 1. The Hall–Kier alpha value is -3.60. The number of para-hydroxylation sites is 1. The van der Waals surface area contributed by atoms with Crippen LogP contribution in [0.4, 0.5) is 5.69 Å². The number of aryl methyl sites for hydroxylation is 1. The molecule has 28 heavy (non-hydrogen) atoms. The molecule has 0 saturated heterocycles. The van der Waals surface area contributed by atoms with E-state index >= 15 is 0 Å². The van der Waals surface area contributed by atoms with Crippen LogP contribution >= 0.6 is 0 Å². The molecule has 0 unspecified atom stereocenters. The normalized spacial score (nSPS) is 11.4. The summed E-state index contributed by atoms with van der Waals surface area (Å²) < 4.78 is 11.0. The number of carbonyl (C=O) groups is 2. The van der Waals surface area contributed by atoms with E-state index in [0.717, 1.165) is 11.3 Å². The van der Waals surface area contributed by atoms with Crippen molar-refractivity contribution in [2.24, 2.45) is 0 Å². The van der Waals surface area contributed by atoms with E-state index in [-0.39, 0.29) is 5.91 Å². The topological polar surface area (TPSA) is 64.6 Å². The van der Waals surface area contributed by atoms with Gasteiger partial charge in [0, 0.05) is 5.69 Å². The summed E-state index contributed by atoms with van der Waals surface area (Å²) >= 11 is 0. The minimum absolute atomic E-state index is 0.252. The number of ether oxygens (including phenoxy) is 2. The maximum absolute atomic E-state index is 12.3. The first-order chi connectivity index (χ1) is 13.5. The maximum atomic E-state index is 12.3. The van der Waals surface area contributed by atoms with E-state index in [1.165, 1.54) is 0 Å². The Morgan fingerprint density at radius 2 is 1.57 bits per heavy atom. The van der Waals surface area contributed by atoms with Crippen LogP contribution in [0.3, 0.4) is 0 Å². The highest BCUT2D eigenvalue weighted by atomic mass is 16.5. The molecule has 1 N–H and O–H groups in total. The molecule has 142 valence electrons. The van der Waals surface area contributed by atoms with Crippen molar-refractivity contribution in [3.63, 3.8) is 0 Å². The predicted octanol–water partition coefficient (Wildman–Crippen LogP) is 4.62. The number of hydrogen-bond acceptors (Lipinski definition) is 4. The number of carbonyl (C=O) groups excluding carboxylic acids is 2. The molecule has 0 heterocycles. The van der Waals surface area contributed by atoms with Crippen LogP contribution in [0.5, 0.6) is 11.5 Å². The monoisotopic (exact) mass is 375 g/mol. The molecule has 5 heteroatoms. The van der Waals surface area contributed by atoms with Crippen LogP contribution in [0.25, 0.3) is 0 Å². The number of rotatable bonds is 6. The largest absolute Gasteiger partial charge is 0.481 e. The van der Waals surface area contributed by atoms with E-state index in [4.69, 9.17) is 9.47 Å². The SMILES string of the molecule is Cc1cccc(NC(=O)[C@@H](C)Oc2ccc(C(=O)Oc3ccccc3)cc2)c1. The van der Waals surface area contributed by atoms with Gasteiger partial charge in [-0.15, -0.1) is 0 Å². The summed E-state index contributed by atoms with van der Waals surface area (Å²) in [7, 11) is 0. The second-order valence-corrected chi connectivity index (χ2v) is 6.35. The highest BCUT2D eigenvalue weighted by molar-refractivity contribution is 5.94. The summed E-state index contributed by atoms with van der Waals surface area (Å²) in [6.07, 6.45) is -0.692. The Bertz CT molecular complexity index is 952. The summed E-state index contributed by atoms with van der Waals surface area (Å²) in [6.45, 7) is 3.63. The van der Waals surface area contributed by atoms with Crippen LogP contribution in [0, 0.1) is 6.92 Å². The molecule has 0 radical (unpaired) electrons. The predicted molar refractivity (Wildman–Crippen MR) is 108 cm³/mol. The summed E-state index contributed by atoms with van der Waals surface area (Å²) in [5.74, 6) is 0.263. The third-order valence-electron chi connectivity index (χ3n) is 4.01. The fourth-order valence-electron chi connectivity index (χ4n) is 2.55. The van der Waals surface area contributed by atoms with E-state index in [0.29, 0.717) is 17.1 Å². The zero-order valence-electron chi connectivity index (χ0n) is 15.7. The van der Waals surface area contributed by atoms with Crippen molar-refractivity contribution in [1.29, 1.82) is 0 Å². The second kappa shape index (κ2) is 8.86. The number of nitrogens with one attached hydrogen (secondary N) is 1. The molecule has 0 aromatic heterocycles. The smallest absolute Gasteiger partial charge is 0.343 e. The van der Waals surface area contributed by atoms with Gasteiger partial charge in [-0.1, -0.05) is 30.3 Å². The lowest BCUT2D eigenvalue weighted by atomic mass is 10.2. The summed E-state index contributed by atoms with van der Waals surface area (Å²) in [6, 6.07) is 22.9. The molecule has 5 nitrogen and oxygen atoms in total. The number of esters is 1. The molecular weight excluding hydrogens is 354 g/mol. The van der Waals surface area contributed by atoms with E-state index in [2.05, 4.69) is 5.32 Å². The Balaban J connectivity index is 1.57. The molecule has 3 rings (SSSR count). The van der Waals surface area contributed by atoms with Crippen LogP contribution in [-0.4, -0.2) is 18.0 Å². The fraction of sp³-hybridized carbons (Fsp3) is 0.130. The van der Waals surface area contributed by atoms with Gasteiger partial charge in [0.1, 0.15) is 11.5 Å². The van der Waals surface area contributed by atoms with Crippen LogP contribution < -0.4 is 14.8 Å².